The summed E-state index contributed by atoms with van der Waals surface area (Å²) in [5.74, 6) is 0.521. The molecule has 82 valence electrons. The SMILES string of the molecule is NC1(c2csc(C3CCOC3)n2)CCC1. The van der Waals surface area contributed by atoms with E-state index in [0.717, 1.165) is 38.2 Å². The Morgan fingerprint density at radius 1 is 1.53 bits per heavy atom. The van der Waals surface area contributed by atoms with E-state index in [4.69, 9.17) is 15.5 Å². The molecule has 0 bridgehead atoms. The van der Waals surface area contributed by atoms with Gasteiger partial charge < -0.3 is 10.5 Å². The number of ether oxygens (including phenoxy) is 1. The number of hydrogen-bond acceptors (Lipinski definition) is 4. The van der Waals surface area contributed by atoms with Crippen LogP contribution < -0.4 is 5.73 Å². The molecule has 2 fully saturated rings. The van der Waals surface area contributed by atoms with Gasteiger partial charge >= 0.3 is 0 Å². The molecule has 3 nitrogen and oxygen atoms in total. The van der Waals surface area contributed by atoms with E-state index in [2.05, 4.69) is 5.38 Å². The molecule has 0 radical (unpaired) electrons. The third-order valence-electron chi connectivity index (χ3n) is 3.56. The summed E-state index contributed by atoms with van der Waals surface area (Å²) in [5.41, 5.74) is 7.26. The second-order valence-electron chi connectivity index (χ2n) is 4.64. The first kappa shape index (κ1) is 9.75. The van der Waals surface area contributed by atoms with E-state index in [9.17, 15) is 0 Å². The second kappa shape index (κ2) is 3.54. The van der Waals surface area contributed by atoms with Gasteiger partial charge in [0.05, 0.1) is 22.8 Å². The number of hydrogen-bond donors (Lipinski definition) is 1. The lowest BCUT2D eigenvalue weighted by Gasteiger charge is -2.36. The van der Waals surface area contributed by atoms with Crippen molar-refractivity contribution in [3.05, 3.63) is 16.1 Å². The van der Waals surface area contributed by atoms with Crippen LogP contribution in [0, 0.1) is 0 Å². The molecule has 15 heavy (non-hydrogen) atoms. The summed E-state index contributed by atoms with van der Waals surface area (Å²) in [6.07, 6.45) is 4.55. The molecule has 1 atom stereocenters. The lowest BCUT2D eigenvalue weighted by Crippen LogP contribution is -2.43. The van der Waals surface area contributed by atoms with Gasteiger partial charge in [0, 0.05) is 17.9 Å². The maximum Gasteiger partial charge on any atom is 0.0984 e. The van der Waals surface area contributed by atoms with Gasteiger partial charge in [-0.3, -0.25) is 0 Å². The minimum atomic E-state index is -0.103. The summed E-state index contributed by atoms with van der Waals surface area (Å²) in [6, 6.07) is 0. The first-order valence-corrected chi connectivity index (χ1v) is 6.48. The van der Waals surface area contributed by atoms with Crippen molar-refractivity contribution in [3.63, 3.8) is 0 Å². The van der Waals surface area contributed by atoms with Crippen LogP contribution in [0.5, 0.6) is 0 Å². The van der Waals surface area contributed by atoms with Crippen LogP contribution in [0.2, 0.25) is 0 Å². The van der Waals surface area contributed by atoms with Gasteiger partial charge in [0.2, 0.25) is 0 Å². The van der Waals surface area contributed by atoms with Gasteiger partial charge in [0.15, 0.2) is 0 Å². The van der Waals surface area contributed by atoms with Crippen molar-refractivity contribution in [2.24, 2.45) is 5.73 Å². The van der Waals surface area contributed by atoms with E-state index in [-0.39, 0.29) is 5.54 Å². The molecule has 4 heteroatoms. The highest BCUT2D eigenvalue weighted by Crippen LogP contribution is 2.40. The van der Waals surface area contributed by atoms with Crippen molar-refractivity contribution in [1.29, 1.82) is 0 Å². The fourth-order valence-electron chi connectivity index (χ4n) is 2.25. The number of thiazole rings is 1. The van der Waals surface area contributed by atoms with Gasteiger partial charge in [-0.1, -0.05) is 0 Å². The summed E-state index contributed by atoms with van der Waals surface area (Å²) in [4.78, 5) is 4.70. The average molecular weight is 224 g/mol. The molecule has 1 aromatic rings. The topological polar surface area (TPSA) is 48.1 Å². The third kappa shape index (κ3) is 1.61. The largest absolute Gasteiger partial charge is 0.381 e. The van der Waals surface area contributed by atoms with E-state index in [0.29, 0.717) is 5.92 Å². The van der Waals surface area contributed by atoms with Gasteiger partial charge in [0.1, 0.15) is 0 Å². The maximum absolute atomic E-state index is 6.25. The molecule has 1 aromatic heterocycles. The minimum absolute atomic E-state index is 0.103. The van der Waals surface area contributed by atoms with Crippen LogP contribution >= 0.6 is 11.3 Å². The zero-order valence-corrected chi connectivity index (χ0v) is 9.55. The monoisotopic (exact) mass is 224 g/mol. The highest BCUT2D eigenvalue weighted by molar-refractivity contribution is 7.09. The Hall–Kier alpha value is -0.450. The molecule has 1 aliphatic heterocycles. The number of rotatable bonds is 2. The van der Waals surface area contributed by atoms with Gasteiger partial charge in [-0.2, -0.15) is 0 Å². The smallest absolute Gasteiger partial charge is 0.0984 e. The van der Waals surface area contributed by atoms with Crippen LogP contribution in [0.25, 0.3) is 0 Å². The van der Waals surface area contributed by atoms with Crippen LogP contribution in [-0.4, -0.2) is 18.2 Å². The normalized spacial score (nSPS) is 29.0. The first-order chi connectivity index (χ1) is 7.28. The van der Waals surface area contributed by atoms with E-state index in [1.54, 1.807) is 11.3 Å². The van der Waals surface area contributed by atoms with Gasteiger partial charge in [0.25, 0.3) is 0 Å². The van der Waals surface area contributed by atoms with E-state index >= 15 is 0 Å². The number of nitrogens with two attached hydrogens (primary N) is 1. The minimum Gasteiger partial charge on any atom is -0.381 e. The van der Waals surface area contributed by atoms with Crippen molar-refractivity contribution >= 4 is 11.3 Å². The molecule has 1 unspecified atom stereocenters. The molecule has 1 aliphatic carbocycles. The first-order valence-electron chi connectivity index (χ1n) is 5.60. The molecule has 2 aliphatic rings. The predicted octanol–water partition coefficient (Wildman–Crippen LogP) is 1.98. The van der Waals surface area contributed by atoms with Gasteiger partial charge in [-0.15, -0.1) is 11.3 Å². The van der Waals surface area contributed by atoms with E-state index in [1.165, 1.54) is 11.4 Å². The van der Waals surface area contributed by atoms with Crippen LogP contribution in [-0.2, 0) is 10.3 Å². The van der Waals surface area contributed by atoms with E-state index < -0.39 is 0 Å². The Kier molecular flexibility index (Phi) is 2.30. The number of nitrogens with zero attached hydrogens (tertiary/aromatic N) is 1. The average Bonchev–Trinajstić information content (AvgIpc) is 2.84. The predicted molar refractivity (Wildman–Crippen MR) is 60.0 cm³/mol. The molecule has 1 saturated carbocycles. The van der Waals surface area contributed by atoms with Crippen molar-refractivity contribution in [2.75, 3.05) is 13.2 Å². The molecule has 0 amide bonds. The lowest BCUT2D eigenvalue weighted by atomic mass is 9.76. The highest BCUT2D eigenvalue weighted by atomic mass is 32.1. The van der Waals surface area contributed by atoms with Crippen molar-refractivity contribution in [3.8, 4) is 0 Å². The van der Waals surface area contributed by atoms with Crippen LogP contribution in [0.4, 0.5) is 0 Å². The van der Waals surface area contributed by atoms with Crippen molar-refractivity contribution in [1.82, 2.24) is 4.98 Å². The Labute approximate surface area is 93.7 Å². The zero-order chi connectivity index (χ0) is 10.3. The fraction of sp³-hybridized carbons (Fsp3) is 0.727. The van der Waals surface area contributed by atoms with Crippen LogP contribution in [0.1, 0.15) is 42.3 Å². The molecular formula is C11H16N2OS. The van der Waals surface area contributed by atoms with Gasteiger partial charge in [-0.05, 0) is 25.7 Å². The summed E-state index contributed by atoms with van der Waals surface area (Å²) in [7, 11) is 0. The van der Waals surface area contributed by atoms with Crippen molar-refractivity contribution in [2.45, 2.75) is 37.1 Å². The van der Waals surface area contributed by atoms with Crippen molar-refractivity contribution < 1.29 is 4.74 Å². The lowest BCUT2D eigenvalue weighted by molar-refractivity contribution is 0.193. The Morgan fingerprint density at radius 2 is 2.40 bits per heavy atom. The van der Waals surface area contributed by atoms with Crippen LogP contribution in [0.3, 0.4) is 0 Å². The zero-order valence-electron chi connectivity index (χ0n) is 8.74. The highest BCUT2D eigenvalue weighted by Gasteiger charge is 2.37. The summed E-state index contributed by atoms with van der Waals surface area (Å²) in [6.45, 7) is 1.72. The molecule has 0 spiro atoms. The summed E-state index contributed by atoms with van der Waals surface area (Å²) < 4.78 is 5.38. The van der Waals surface area contributed by atoms with Gasteiger partial charge in [-0.25, -0.2) is 4.98 Å². The molecule has 2 heterocycles. The Bertz CT molecular complexity index is 353. The molecule has 1 saturated heterocycles. The number of aromatic nitrogens is 1. The Balaban J connectivity index is 1.80. The summed E-state index contributed by atoms with van der Waals surface area (Å²) in [5, 5.41) is 3.37. The Morgan fingerprint density at radius 3 is 3.00 bits per heavy atom. The van der Waals surface area contributed by atoms with E-state index in [1.807, 2.05) is 0 Å². The summed E-state index contributed by atoms with van der Waals surface area (Å²) >= 11 is 1.75. The molecule has 3 rings (SSSR count). The third-order valence-corrected chi connectivity index (χ3v) is 4.56. The molecule has 2 N–H and O–H groups in total. The molecule has 0 aromatic carbocycles. The van der Waals surface area contributed by atoms with Crippen LogP contribution in [0.15, 0.2) is 5.38 Å². The molecular weight excluding hydrogens is 208 g/mol. The quantitative estimate of drug-likeness (QED) is 0.835. The standard InChI is InChI=1S/C11H16N2OS/c12-11(3-1-4-11)9-7-15-10(13-9)8-2-5-14-6-8/h7-8H,1-6,12H2. The fourth-order valence-corrected chi connectivity index (χ4v) is 3.30. The second-order valence-corrected chi connectivity index (χ2v) is 5.53. The maximum atomic E-state index is 6.25.